The average molecular weight is 262 g/mol. The molecule has 0 aromatic carbocycles. The normalized spacial score (nSPS) is 47.1. The van der Waals surface area contributed by atoms with Crippen molar-refractivity contribution >= 4 is 5.97 Å². The predicted octanol–water partition coefficient (Wildman–Crippen LogP) is 3.96. The lowest BCUT2D eigenvalue weighted by Gasteiger charge is -2.42. The van der Waals surface area contributed by atoms with E-state index in [1.54, 1.807) is 0 Å². The van der Waals surface area contributed by atoms with Crippen LogP contribution in [0.5, 0.6) is 0 Å². The van der Waals surface area contributed by atoms with E-state index < -0.39 is 0 Å². The summed E-state index contributed by atoms with van der Waals surface area (Å²) in [6.45, 7) is 13.1. The lowest BCUT2D eigenvalue weighted by molar-refractivity contribution is -0.144. The molecule has 0 unspecified atom stereocenters. The van der Waals surface area contributed by atoms with Crippen molar-refractivity contribution in [3.8, 4) is 0 Å². The molecule has 3 aliphatic rings. The van der Waals surface area contributed by atoms with E-state index in [0.717, 1.165) is 12.3 Å². The molecule has 19 heavy (non-hydrogen) atoms. The molecule has 0 spiro atoms. The lowest BCUT2D eigenvalue weighted by atomic mass is 9.62. The van der Waals surface area contributed by atoms with Gasteiger partial charge in [-0.25, -0.2) is 0 Å². The number of carbonyl (C=O) groups excluding carboxylic acids is 1. The molecule has 0 aromatic rings. The van der Waals surface area contributed by atoms with Gasteiger partial charge in [0.05, 0.1) is 0 Å². The minimum absolute atomic E-state index is 0.0263. The van der Waals surface area contributed by atoms with Crippen LogP contribution in [0.1, 0.15) is 53.4 Å². The molecule has 2 nitrogen and oxygen atoms in total. The quantitative estimate of drug-likeness (QED) is 0.528. The second-order valence-corrected chi connectivity index (χ2v) is 7.76. The fraction of sp³-hybridized carbons (Fsp3) is 0.824. The summed E-state index contributed by atoms with van der Waals surface area (Å²) in [4.78, 5) is 11.3. The van der Waals surface area contributed by atoms with Gasteiger partial charge in [-0.15, -0.1) is 0 Å². The van der Waals surface area contributed by atoms with E-state index in [9.17, 15) is 4.79 Å². The summed E-state index contributed by atoms with van der Waals surface area (Å²) < 4.78 is 5.54. The summed E-state index contributed by atoms with van der Waals surface area (Å²) in [6.07, 6.45) is 4.85. The van der Waals surface area contributed by atoms with Crippen molar-refractivity contribution < 1.29 is 9.53 Å². The highest BCUT2D eigenvalue weighted by Crippen LogP contribution is 2.72. The SMILES string of the molecule is C=C1[C@@H](OC(C)=O)C[C@H]2[C@@H]3CC[C@H](C)[C@]12CC3(C)C. The largest absolute Gasteiger partial charge is 0.458 e. The minimum Gasteiger partial charge on any atom is -0.458 e. The molecule has 0 radical (unpaired) electrons. The maximum atomic E-state index is 11.3. The summed E-state index contributed by atoms with van der Waals surface area (Å²) in [5, 5.41) is 0. The van der Waals surface area contributed by atoms with Crippen molar-refractivity contribution in [1.82, 2.24) is 0 Å². The maximum absolute atomic E-state index is 11.3. The number of esters is 1. The van der Waals surface area contributed by atoms with Crippen LogP contribution in [0.2, 0.25) is 0 Å². The van der Waals surface area contributed by atoms with E-state index in [1.807, 2.05) is 0 Å². The third-order valence-electron chi connectivity index (χ3n) is 6.45. The summed E-state index contributed by atoms with van der Waals surface area (Å²) >= 11 is 0. The maximum Gasteiger partial charge on any atom is 0.303 e. The Balaban J connectivity index is 1.98. The van der Waals surface area contributed by atoms with Crippen molar-refractivity contribution in [1.29, 1.82) is 0 Å². The molecule has 3 fully saturated rings. The summed E-state index contributed by atoms with van der Waals surface area (Å²) in [5.41, 5.74) is 1.88. The Morgan fingerprint density at radius 1 is 1.32 bits per heavy atom. The zero-order valence-electron chi connectivity index (χ0n) is 12.7. The van der Waals surface area contributed by atoms with Gasteiger partial charge in [0.25, 0.3) is 0 Å². The first kappa shape index (κ1) is 13.2. The number of hydrogen-bond acceptors (Lipinski definition) is 2. The molecule has 3 saturated carbocycles. The third kappa shape index (κ3) is 1.58. The van der Waals surface area contributed by atoms with Gasteiger partial charge in [-0.1, -0.05) is 27.4 Å². The molecular weight excluding hydrogens is 236 g/mol. The van der Waals surface area contributed by atoms with Gasteiger partial charge in [-0.3, -0.25) is 4.79 Å². The van der Waals surface area contributed by atoms with E-state index in [4.69, 9.17) is 4.74 Å². The summed E-state index contributed by atoms with van der Waals surface area (Å²) in [6, 6.07) is 0. The third-order valence-corrected chi connectivity index (χ3v) is 6.45. The van der Waals surface area contributed by atoms with Crippen molar-refractivity contribution in [2.45, 2.75) is 59.5 Å². The smallest absolute Gasteiger partial charge is 0.303 e. The second kappa shape index (κ2) is 3.86. The fourth-order valence-electron chi connectivity index (χ4n) is 5.77. The number of carbonyl (C=O) groups is 1. The Labute approximate surface area is 116 Å². The molecule has 0 aromatic heterocycles. The van der Waals surface area contributed by atoms with Crippen LogP contribution in [0.15, 0.2) is 12.2 Å². The standard InChI is InChI=1S/C17H26O2/c1-10-6-7-13-14-8-15(19-12(3)18)11(2)17(10,14)9-16(13,4)5/h10,13-15H,2,6-9H2,1,3-5H3/t10-,13-,14-,15-,17+/m0/s1. The fourth-order valence-corrected chi connectivity index (χ4v) is 5.77. The zero-order valence-corrected chi connectivity index (χ0v) is 12.7. The Morgan fingerprint density at radius 2 is 2.00 bits per heavy atom. The molecule has 0 amide bonds. The molecule has 106 valence electrons. The van der Waals surface area contributed by atoms with E-state index in [1.165, 1.54) is 31.8 Å². The van der Waals surface area contributed by atoms with Crippen LogP contribution < -0.4 is 0 Å². The first-order chi connectivity index (χ1) is 8.79. The molecule has 0 heterocycles. The van der Waals surface area contributed by atoms with Crippen LogP contribution >= 0.6 is 0 Å². The number of ether oxygens (including phenoxy) is 1. The summed E-state index contributed by atoms with van der Waals surface area (Å²) in [5.74, 6) is 1.98. The van der Waals surface area contributed by atoms with E-state index >= 15 is 0 Å². The van der Waals surface area contributed by atoms with Gasteiger partial charge in [0.1, 0.15) is 6.10 Å². The summed E-state index contributed by atoms with van der Waals surface area (Å²) in [7, 11) is 0. The highest BCUT2D eigenvalue weighted by atomic mass is 16.5. The second-order valence-electron chi connectivity index (χ2n) is 7.76. The van der Waals surface area contributed by atoms with Crippen LogP contribution in [0, 0.1) is 28.6 Å². The zero-order chi connectivity index (χ0) is 14.0. The Morgan fingerprint density at radius 3 is 2.58 bits per heavy atom. The molecule has 0 N–H and O–H groups in total. The molecule has 0 aliphatic heterocycles. The van der Waals surface area contributed by atoms with Gasteiger partial charge < -0.3 is 4.74 Å². The van der Waals surface area contributed by atoms with E-state index in [0.29, 0.717) is 17.3 Å². The van der Waals surface area contributed by atoms with E-state index in [-0.39, 0.29) is 17.5 Å². The monoisotopic (exact) mass is 262 g/mol. The molecule has 2 heteroatoms. The first-order valence-corrected chi connectivity index (χ1v) is 7.65. The van der Waals surface area contributed by atoms with Crippen molar-refractivity contribution in [3.05, 3.63) is 12.2 Å². The molecule has 2 bridgehead atoms. The van der Waals surface area contributed by atoms with Crippen molar-refractivity contribution in [2.75, 3.05) is 0 Å². The van der Waals surface area contributed by atoms with Gasteiger partial charge in [-0.05, 0) is 54.4 Å². The van der Waals surface area contributed by atoms with Crippen LogP contribution in [0.4, 0.5) is 0 Å². The predicted molar refractivity (Wildman–Crippen MR) is 75.5 cm³/mol. The van der Waals surface area contributed by atoms with Gasteiger partial charge in [0, 0.05) is 12.3 Å². The lowest BCUT2D eigenvalue weighted by Crippen LogP contribution is -2.36. The Bertz CT molecular complexity index is 437. The molecule has 3 rings (SSSR count). The number of rotatable bonds is 1. The topological polar surface area (TPSA) is 26.3 Å². The van der Waals surface area contributed by atoms with Gasteiger partial charge in [0.2, 0.25) is 0 Å². The Hall–Kier alpha value is -0.790. The molecule has 3 aliphatic carbocycles. The molecule has 0 saturated heterocycles. The van der Waals surface area contributed by atoms with Crippen molar-refractivity contribution in [3.63, 3.8) is 0 Å². The highest BCUT2D eigenvalue weighted by molar-refractivity contribution is 5.66. The van der Waals surface area contributed by atoms with Gasteiger partial charge in [-0.2, -0.15) is 0 Å². The number of hydrogen-bond donors (Lipinski definition) is 0. The van der Waals surface area contributed by atoms with Crippen LogP contribution in [0.3, 0.4) is 0 Å². The van der Waals surface area contributed by atoms with Gasteiger partial charge in [0.15, 0.2) is 0 Å². The molecule has 5 atom stereocenters. The van der Waals surface area contributed by atoms with Gasteiger partial charge >= 0.3 is 5.97 Å². The molecular formula is C17H26O2. The van der Waals surface area contributed by atoms with Crippen LogP contribution in [-0.2, 0) is 9.53 Å². The highest BCUT2D eigenvalue weighted by Gasteiger charge is 2.66. The van der Waals surface area contributed by atoms with E-state index in [2.05, 4.69) is 27.4 Å². The first-order valence-electron chi connectivity index (χ1n) is 7.65. The average Bonchev–Trinajstić information content (AvgIpc) is 2.62. The van der Waals surface area contributed by atoms with Crippen LogP contribution in [0.25, 0.3) is 0 Å². The van der Waals surface area contributed by atoms with Crippen molar-refractivity contribution in [2.24, 2.45) is 28.6 Å². The van der Waals surface area contributed by atoms with Crippen LogP contribution in [-0.4, -0.2) is 12.1 Å². The minimum atomic E-state index is -0.163. The Kier molecular flexibility index (Phi) is 2.69.